The van der Waals surface area contributed by atoms with Crippen LogP contribution in [-0.2, 0) is 19.1 Å². The predicted octanol–water partition coefficient (Wildman–Crippen LogP) is 0.867. The summed E-state index contributed by atoms with van der Waals surface area (Å²) in [6, 6.07) is 6.40. The summed E-state index contributed by atoms with van der Waals surface area (Å²) < 4.78 is 10.2. The first-order valence-corrected chi connectivity index (χ1v) is 8.83. The van der Waals surface area contributed by atoms with Gasteiger partial charge in [-0.3, -0.25) is 4.79 Å². The Morgan fingerprint density at radius 2 is 1.86 bits per heavy atom. The average Bonchev–Trinajstić information content (AvgIpc) is 2.66. The van der Waals surface area contributed by atoms with Gasteiger partial charge in [0.2, 0.25) is 0 Å². The number of esters is 2. The molecule has 0 bridgehead atoms. The molecule has 0 fully saturated rings. The van der Waals surface area contributed by atoms with Gasteiger partial charge in [0.1, 0.15) is 12.6 Å². The molecule has 0 saturated carbocycles. The van der Waals surface area contributed by atoms with Gasteiger partial charge in [-0.05, 0) is 32.9 Å². The molecule has 0 radical (unpaired) electrons. The third-order valence-corrected chi connectivity index (χ3v) is 3.96. The predicted molar refractivity (Wildman–Crippen MR) is 99.1 cm³/mol. The molecule has 1 aliphatic rings. The highest BCUT2D eigenvalue weighted by molar-refractivity contribution is 5.97. The normalized spacial score (nSPS) is 17.1. The quantitative estimate of drug-likeness (QED) is 0.595. The first-order chi connectivity index (χ1) is 13.3. The van der Waals surface area contributed by atoms with E-state index in [0.717, 1.165) is 0 Å². The van der Waals surface area contributed by atoms with Crippen molar-refractivity contribution >= 4 is 23.9 Å². The maximum Gasteiger partial charge on any atom is 0.338 e. The molecule has 1 aliphatic heterocycles. The van der Waals surface area contributed by atoms with Gasteiger partial charge in [0.25, 0.3) is 5.91 Å². The fraction of sp³-hybridized carbons (Fsp3) is 0.368. The summed E-state index contributed by atoms with van der Waals surface area (Å²) in [5.41, 5.74) is 0.730. The molecule has 9 heteroatoms. The number of rotatable bonds is 7. The number of carbonyl (C=O) groups is 4. The fourth-order valence-electron chi connectivity index (χ4n) is 2.59. The molecule has 0 unspecified atom stereocenters. The minimum atomic E-state index is -0.922. The van der Waals surface area contributed by atoms with Crippen molar-refractivity contribution in [3.8, 4) is 0 Å². The summed E-state index contributed by atoms with van der Waals surface area (Å²) in [5.74, 6) is -1.74. The Balaban J connectivity index is 2.02. The Kier molecular flexibility index (Phi) is 7.14. The van der Waals surface area contributed by atoms with E-state index >= 15 is 0 Å². The third-order valence-electron chi connectivity index (χ3n) is 3.96. The van der Waals surface area contributed by atoms with Crippen LogP contribution in [0.4, 0.5) is 4.79 Å². The van der Waals surface area contributed by atoms with Crippen LogP contribution >= 0.6 is 0 Å². The van der Waals surface area contributed by atoms with Gasteiger partial charge in [-0.15, -0.1) is 0 Å². The van der Waals surface area contributed by atoms with E-state index in [1.165, 1.54) is 6.92 Å². The number of hydrogen-bond acceptors (Lipinski definition) is 6. The molecule has 3 amide bonds. The number of benzene rings is 1. The minimum Gasteiger partial charge on any atom is -0.463 e. The zero-order valence-electron chi connectivity index (χ0n) is 15.9. The van der Waals surface area contributed by atoms with Gasteiger partial charge in [0.15, 0.2) is 0 Å². The summed E-state index contributed by atoms with van der Waals surface area (Å²) in [6.07, 6.45) is 0. The van der Waals surface area contributed by atoms with E-state index in [2.05, 4.69) is 16.0 Å². The highest BCUT2D eigenvalue weighted by Crippen LogP contribution is 2.15. The Morgan fingerprint density at radius 1 is 1.18 bits per heavy atom. The van der Waals surface area contributed by atoms with Gasteiger partial charge in [0, 0.05) is 5.56 Å². The van der Waals surface area contributed by atoms with Gasteiger partial charge in [-0.2, -0.15) is 0 Å². The van der Waals surface area contributed by atoms with Crippen molar-refractivity contribution in [2.24, 2.45) is 0 Å². The second-order valence-electron chi connectivity index (χ2n) is 6.10. The molecule has 0 spiro atoms. The molecule has 0 aliphatic carbocycles. The maximum absolute atomic E-state index is 12.2. The molecular weight excluding hydrogens is 366 g/mol. The van der Waals surface area contributed by atoms with Crippen LogP contribution in [0.15, 0.2) is 41.6 Å². The molecule has 150 valence electrons. The summed E-state index contributed by atoms with van der Waals surface area (Å²) in [4.78, 5) is 48.1. The van der Waals surface area contributed by atoms with Crippen LogP contribution in [0.25, 0.3) is 0 Å². The van der Waals surface area contributed by atoms with Gasteiger partial charge >= 0.3 is 18.0 Å². The molecule has 1 aromatic carbocycles. The lowest BCUT2D eigenvalue weighted by atomic mass is 10.0. The Hall–Kier alpha value is -3.36. The second kappa shape index (κ2) is 9.54. The molecule has 28 heavy (non-hydrogen) atoms. The van der Waals surface area contributed by atoms with Crippen LogP contribution in [-0.4, -0.2) is 49.2 Å². The van der Waals surface area contributed by atoms with E-state index in [9.17, 15) is 19.2 Å². The van der Waals surface area contributed by atoms with Crippen LogP contribution in [0.1, 0.15) is 31.1 Å². The fourth-order valence-corrected chi connectivity index (χ4v) is 2.59. The highest BCUT2D eigenvalue weighted by atomic mass is 16.5. The Bertz CT molecular complexity index is 790. The number of nitrogens with one attached hydrogen (secondary N) is 3. The van der Waals surface area contributed by atoms with Crippen LogP contribution in [0.3, 0.4) is 0 Å². The number of urea groups is 1. The molecule has 9 nitrogen and oxygen atoms in total. The smallest absolute Gasteiger partial charge is 0.338 e. The van der Waals surface area contributed by atoms with Gasteiger partial charge in [-0.25, -0.2) is 14.4 Å². The lowest BCUT2D eigenvalue weighted by molar-refractivity contribution is -0.145. The topological polar surface area (TPSA) is 123 Å². The monoisotopic (exact) mass is 389 g/mol. The number of hydrogen-bond donors (Lipinski definition) is 3. The van der Waals surface area contributed by atoms with E-state index in [-0.39, 0.29) is 24.5 Å². The molecule has 3 N–H and O–H groups in total. The molecule has 2 rings (SSSR count). The van der Waals surface area contributed by atoms with E-state index in [1.54, 1.807) is 44.2 Å². The van der Waals surface area contributed by atoms with Crippen molar-refractivity contribution in [2.75, 3.05) is 13.2 Å². The van der Waals surface area contributed by atoms with Gasteiger partial charge in [0.05, 0.1) is 23.9 Å². The van der Waals surface area contributed by atoms with Crippen molar-refractivity contribution in [1.82, 2.24) is 16.0 Å². The lowest BCUT2D eigenvalue weighted by Crippen LogP contribution is -2.50. The second-order valence-corrected chi connectivity index (χ2v) is 6.10. The molecule has 1 heterocycles. The van der Waals surface area contributed by atoms with Crippen molar-refractivity contribution in [2.45, 2.75) is 32.9 Å². The molecular formula is C19H23N3O6. The number of amides is 3. The first kappa shape index (κ1) is 20.9. The minimum absolute atomic E-state index is 0.143. The highest BCUT2D eigenvalue weighted by Gasteiger charge is 2.30. The summed E-state index contributed by atoms with van der Waals surface area (Å²) in [5, 5.41) is 7.54. The number of ether oxygens (including phenoxy) is 2. The Morgan fingerprint density at radius 3 is 2.50 bits per heavy atom. The van der Waals surface area contributed by atoms with Crippen molar-refractivity contribution in [3.63, 3.8) is 0 Å². The van der Waals surface area contributed by atoms with E-state index in [1.807, 2.05) is 0 Å². The summed E-state index contributed by atoms with van der Waals surface area (Å²) in [6.45, 7) is 4.59. The average molecular weight is 389 g/mol. The van der Waals surface area contributed by atoms with E-state index in [0.29, 0.717) is 5.56 Å². The molecule has 1 aromatic rings. The first-order valence-electron chi connectivity index (χ1n) is 8.83. The van der Waals surface area contributed by atoms with Gasteiger partial charge in [-0.1, -0.05) is 18.2 Å². The van der Waals surface area contributed by atoms with Crippen LogP contribution in [0, 0.1) is 0 Å². The third kappa shape index (κ3) is 5.32. The van der Waals surface area contributed by atoms with Crippen LogP contribution in [0.5, 0.6) is 0 Å². The molecule has 0 aromatic heterocycles. The van der Waals surface area contributed by atoms with Crippen LogP contribution in [0.2, 0.25) is 0 Å². The molecule has 0 saturated heterocycles. The van der Waals surface area contributed by atoms with E-state index in [4.69, 9.17) is 9.47 Å². The zero-order chi connectivity index (χ0) is 20.7. The van der Waals surface area contributed by atoms with Crippen molar-refractivity contribution in [1.29, 1.82) is 0 Å². The summed E-state index contributed by atoms with van der Waals surface area (Å²) >= 11 is 0. The van der Waals surface area contributed by atoms with Gasteiger partial charge < -0.3 is 25.4 Å². The summed E-state index contributed by atoms with van der Waals surface area (Å²) in [7, 11) is 0. The van der Waals surface area contributed by atoms with Crippen molar-refractivity contribution in [3.05, 3.63) is 47.2 Å². The zero-order valence-corrected chi connectivity index (χ0v) is 15.9. The Labute approximate surface area is 162 Å². The number of carbonyl (C=O) groups excluding carboxylic acids is 4. The van der Waals surface area contributed by atoms with Crippen LogP contribution < -0.4 is 16.0 Å². The lowest BCUT2D eigenvalue weighted by Gasteiger charge is -2.26. The standard InChI is InChI=1S/C19H23N3O6/c1-4-27-18(25)15-11(2)21-19(26)22-14(15)10-28-17(24)12(3)20-16(23)13-8-6-5-7-9-13/h5-9,11-12H,4,10H2,1-3H3,(H,20,23)(H2,21,22,26)/t11-,12+/m0/s1. The van der Waals surface area contributed by atoms with E-state index < -0.39 is 36.0 Å². The van der Waals surface area contributed by atoms with Crippen molar-refractivity contribution < 1.29 is 28.7 Å². The molecule has 2 atom stereocenters. The largest absolute Gasteiger partial charge is 0.463 e. The SMILES string of the molecule is CCOC(=O)C1=C(COC(=O)[C@@H](C)NC(=O)c2ccccc2)NC(=O)N[C@H]1C. The maximum atomic E-state index is 12.2.